The lowest BCUT2D eigenvalue weighted by Crippen LogP contribution is -2.39. The second-order valence-electron chi connectivity index (χ2n) is 5.23. The van der Waals surface area contributed by atoms with Crippen molar-refractivity contribution in [2.45, 2.75) is 18.7 Å². The maximum Gasteiger partial charge on any atom is 0.349 e. The Morgan fingerprint density at radius 3 is 2.52 bits per heavy atom. The predicted molar refractivity (Wildman–Crippen MR) is 85.6 cm³/mol. The van der Waals surface area contributed by atoms with E-state index in [1.165, 1.54) is 24.5 Å². The van der Waals surface area contributed by atoms with Gasteiger partial charge in [-0.3, -0.25) is 0 Å². The van der Waals surface area contributed by atoms with Crippen molar-refractivity contribution in [2.24, 2.45) is 11.1 Å². The van der Waals surface area contributed by atoms with Crippen LogP contribution in [0.15, 0.2) is 16.3 Å². The van der Waals surface area contributed by atoms with Crippen LogP contribution in [0.3, 0.4) is 0 Å². The minimum Gasteiger partial charge on any atom is -0.465 e. The first kappa shape index (κ1) is 20.3. The molecule has 1 rings (SSSR count). The maximum absolute atomic E-state index is 12.5. The SMILES string of the molecule is COC(=O)c1sccc1S(=O)(=O)N(C)CC(C)(C)CN.Cl. The van der Waals surface area contributed by atoms with Crippen LogP contribution in [0.5, 0.6) is 0 Å². The number of halogens is 1. The van der Waals surface area contributed by atoms with Crippen LogP contribution in [-0.4, -0.2) is 45.9 Å². The number of carbonyl (C=O) groups is 1. The molecule has 0 unspecified atom stereocenters. The summed E-state index contributed by atoms with van der Waals surface area (Å²) in [5.41, 5.74) is 5.28. The third-order valence-corrected chi connectivity index (χ3v) is 5.76. The fraction of sp³-hybridized carbons (Fsp3) is 0.583. The van der Waals surface area contributed by atoms with E-state index in [-0.39, 0.29) is 34.1 Å². The molecule has 1 aromatic heterocycles. The number of ether oxygens (including phenoxy) is 1. The quantitative estimate of drug-likeness (QED) is 0.781. The van der Waals surface area contributed by atoms with Gasteiger partial charge in [-0.15, -0.1) is 23.7 Å². The molecule has 0 aromatic carbocycles. The molecule has 2 N–H and O–H groups in total. The van der Waals surface area contributed by atoms with Crippen LogP contribution in [-0.2, 0) is 14.8 Å². The van der Waals surface area contributed by atoms with Gasteiger partial charge in [-0.25, -0.2) is 17.5 Å². The highest BCUT2D eigenvalue weighted by molar-refractivity contribution is 7.89. The topological polar surface area (TPSA) is 89.7 Å². The number of sulfonamides is 1. The molecule has 6 nitrogen and oxygen atoms in total. The van der Waals surface area contributed by atoms with Gasteiger partial charge in [0, 0.05) is 13.6 Å². The number of nitrogens with two attached hydrogens (primary N) is 1. The molecular formula is C12H21ClN2O4S2. The summed E-state index contributed by atoms with van der Waals surface area (Å²) in [6.07, 6.45) is 0. The van der Waals surface area contributed by atoms with Gasteiger partial charge < -0.3 is 10.5 Å². The second kappa shape index (κ2) is 7.55. The van der Waals surface area contributed by atoms with Gasteiger partial charge in [0.05, 0.1) is 7.11 Å². The molecule has 1 heterocycles. The van der Waals surface area contributed by atoms with Gasteiger partial charge in [-0.1, -0.05) is 13.8 Å². The van der Waals surface area contributed by atoms with Crippen LogP contribution in [0.25, 0.3) is 0 Å². The van der Waals surface area contributed by atoms with E-state index < -0.39 is 16.0 Å². The Balaban J connectivity index is 0.00000400. The highest BCUT2D eigenvalue weighted by Gasteiger charge is 2.31. The summed E-state index contributed by atoms with van der Waals surface area (Å²) in [5, 5.41) is 1.56. The summed E-state index contributed by atoms with van der Waals surface area (Å²) >= 11 is 1.05. The van der Waals surface area contributed by atoms with E-state index in [9.17, 15) is 13.2 Å². The number of carbonyl (C=O) groups excluding carboxylic acids is 1. The second-order valence-corrected chi connectivity index (χ2v) is 8.16. The summed E-state index contributed by atoms with van der Waals surface area (Å²) in [6.45, 7) is 4.39. The van der Waals surface area contributed by atoms with Crippen molar-refractivity contribution in [1.29, 1.82) is 0 Å². The molecule has 0 saturated heterocycles. The molecule has 0 fully saturated rings. The average Bonchev–Trinajstić information content (AvgIpc) is 2.87. The van der Waals surface area contributed by atoms with Crippen molar-refractivity contribution in [1.82, 2.24) is 4.31 Å². The molecule has 0 spiro atoms. The molecule has 1 aromatic rings. The molecule has 0 amide bonds. The Labute approximate surface area is 135 Å². The van der Waals surface area contributed by atoms with Gasteiger partial charge in [0.2, 0.25) is 10.0 Å². The Morgan fingerprint density at radius 2 is 2.05 bits per heavy atom. The predicted octanol–water partition coefficient (Wildman–Crippen LogP) is 1.56. The zero-order valence-electron chi connectivity index (χ0n) is 12.5. The Kier molecular flexibility index (Phi) is 7.31. The van der Waals surface area contributed by atoms with Crippen LogP contribution in [0.4, 0.5) is 0 Å². The van der Waals surface area contributed by atoms with E-state index >= 15 is 0 Å². The van der Waals surface area contributed by atoms with Crippen molar-refractivity contribution < 1.29 is 17.9 Å². The summed E-state index contributed by atoms with van der Waals surface area (Å²) in [4.78, 5) is 11.7. The van der Waals surface area contributed by atoms with E-state index in [1.54, 1.807) is 5.38 Å². The Bertz CT molecular complexity index is 584. The molecular weight excluding hydrogens is 336 g/mol. The van der Waals surface area contributed by atoms with Gasteiger partial charge in [-0.05, 0) is 23.4 Å². The summed E-state index contributed by atoms with van der Waals surface area (Å²) < 4.78 is 30.8. The first-order valence-electron chi connectivity index (χ1n) is 5.98. The third kappa shape index (κ3) is 4.65. The standard InChI is InChI=1S/C12H20N2O4S2.ClH/c1-12(2,7-13)8-14(3)20(16,17)9-5-6-19-10(9)11(15)18-4;/h5-6H,7-8,13H2,1-4H3;1H. The van der Waals surface area contributed by atoms with Crippen molar-refractivity contribution >= 4 is 39.7 Å². The Hall–Kier alpha value is -0.670. The third-order valence-electron chi connectivity index (χ3n) is 2.89. The van der Waals surface area contributed by atoms with E-state index in [1.807, 2.05) is 13.8 Å². The molecule has 21 heavy (non-hydrogen) atoms. The summed E-state index contributed by atoms with van der Waals surface area (Å²) in [7, 11) is -1.04. The zero-order chi connectivity index (χ0) is 15.6. The van der Waals surface area contributed by atoms with E-state index in [0.717, 1.165) is 11.3 Å². The van der Waals surface area contributed by atoms with Crippen molar-refractivity contribution in [3.63, 3.8) is 0 Å². The van der Waals surface area contributed by atoms with E-state index in [0.29, 0.717) is 6.54 Å². The lowest BCUT2D eigenvalue weighted by molar-refractivity contribution is 0.0602. The molecule has 0 atom stereocenters. The fourth-order valence-electron chi connectivity index (χ4n) is 1.66. The lowest BCUT2D eigenvalue weighted by Gasteiger charge is -2.28. The van der Waals surface area contributed by atoms with Crippen LogP contribution in [0, 0.1) is 5.41 Å². The monoisotopic (exact) mass is 356 g/mol. The molecule has 0 bridgehead atoms. The van der Waals surface area contributed by atoms with Gasteiger partial charge in [0.25, 0.3) is 0 Å². The lowest BCUT2D eigenvalue weighted by atomic mass is 9.94. The van der Waals surface area contributed by atoms with Crippen LogP contribution >= 0.6 is 23.7 Å². The smallest absolute Gasteiger partial charge is 0.349 e. The number of rotatable bonds is 6. The van der Waals surface area contributed by atoms with Crippen LogP contribution < -0.4 is 5.73 Å². The number of thiophene rings is 1. The number of hydrogen-bond acceptors (Lipinski definition) is 6. The normalized spacial score (nSPS) is 12.1. The van der Waals surface area contributed by atoms with Gasteiger partial charge >= 0.3 is 5.97 Å². The van der Waals surface area contributed by atoms with Crippen molar-refractivity contribution in [3.8, 4) is 0 Å². The highest BCUT2D eigenvalue weighted by Crippen LogP contribution is 2.27. The number of nitrogens with zero attached hydrogens (tertiary/aromatic N) is 1. The number of hydrogen-bond donors (Lipinski definition) is 1. The largest absolute Gasteiger partial charge is 0.465 e. The first-order chi connectivity index (χ1) is 9.15. The molecule has 0 aliphatic carbocycles. The van der Waals surface area contributed by atoms with Gasteiger partial charge in [0.1, 0.15) is 9.77 Å². The number of esters is 1. The highest BCUT2D eigenvalue weighted by atomic mass is 35.5. The van der Waals surface area contributed by atoms with Gasteiger partial charge in [-0.2, -0.15) is 0 Å². The Morgan fingerprint density at radius 1 is 1.48 bits per heavy atom. The molecule has 0 aliphatic heterocycles. The average molecular weight is 357 g/mol. The van der Waals surface area contributed by atoms with Crippen molar-refractivity contribution in [2.75, 3.05) is 27.2 Å². The van der Waals surface area contributed by atoms with Crippen LogP contribution in [0.2, 0.25) is 0 Å². The fourth-order valence-corrected chi connectivity index (χ4v) is 4.33. The van der Waals surface area contributed by atoms with E-state index in [2.05, 4.69) is 4.74 Å². The molecule has 122 valence electrons. The number of methoxy groups -OCH3 is 1. The molecule has 9 heteroatoms. The van der Waals surface area contributed by atoms with Gasteiger partial charge in [0.15, 0.2) is 0 Å². The molecule has 0 radical (unpaired) electrons. The minimum atomic E-state index is -3.74. The maximum atomic E-state index is 12.5. The summed E-state index contributed by atoms with van der Waals surface area (Å²) in [6, 6.07) is 1.41. The summed E-state index contributed by atoms with van der Waals surface area (Å²) in [5.74, 6) is -0.648. The molecule has 0 aliphatic rings. The zero-order valence-corrected chi connectivity index (χ0v) is 14.9. The van der Waals surface area contributed by atoms with Crippen LogP contribution in [0.1, 0.15) is 23.5 Å². The minimum absolute atomic E-state index is 0. The van der Waals surface area contributed by atoms with Crippen molar-refractivity contribution in [3.05, 3.63) is 16.3 Å². The first-order valence-corrected chi connectivity index (χ1v) is 8.30. The molecule has 0 saturated carbocycles. The van der Waals surface area contributed by atoms with E-state index in [4.69, 9.17) is 5.73 Å².